The zero-order valence-corrected chi connectivity index (χ0v) is 10.2. The summed E-state index contributed by atoms with van der Waals surface area (Å²) in [6.45, 7) is 1.35. The van der Waals surface area contributed by atoms with Crippen LogP contribution in [0.25, 0.3) is 0 Å². The Labute approximate surface area is 96.9 Å². The summed E-state index contributed by atoms with van der Waals surface area (Å²) in [4.78, 5) is 13.4. The van der Waals surface area contributed by atoms with Gasteiger partial charge in [0.15, 0.2) is 5.79 Å². The molecule has 1 spiro atoms. The van der Waals surface area contributed by atoms with Crippen LogP contribution in [0.4, 0.5) is 0 Å². The molecule has 2 rings (SSSR count). The van der Waals surface area contributed by atoms with Crippen molar-refractivity contribution in [3.63, 3.8) is 0 Å². The van der Waals surface area contributed by atoms with Gasteiger partial charge in [0, 0.05) is 32.9 Å². The number of rotatable bonds is 2. The van der Waals surface area contributed by atoms with E-state index in [0.717, 1.165) is 19.3 Å². The first-order chi connectivity index (χ1) is 7.64. The maximum absolute atomic E-state index is 11.8. The average molecular weight is 227 g/mol. The number of nitrogens with zero attached hydrogens (tertiary/aromatic N) is 1. The van der Waals surface area contributed by atoms with Gasteiger partial charge < -0.3 is 14.4 Å². The molecule has 2 aliphatic rings. The molecule has 1 aliphatic heterocycles. The highest BCUT2D eigenvalue weighted by Crippen LogP contribution is 2.42. The highest BCUT2D eigenvalue weighted by atomic mass is 16.7. The highest BCUT2D eigenvalue weighted by Gasteiger charge is 2.46. The van der Waals surface area contributed by atoms with Crippen LogP contribution in [-0.2, 0) is 14.3 Å². The zero-order chi connectivity index (χ0) is 11.6. The number of hydrogen-bond donors (Lipinski definition) is 0. The second-order valence-electron chi connectivity index (χ2n) is 4.94. The molecule has 0 aromatic carbocycles. The van der Waals surface area contributed by atoms with Crippen molar-refractivity contribution in [2.75, 3.05) is 27.3 Å². The van der Waals surface area contributed by atoms with Crippen LogP contribution in [0.3, 0.4) is 0 Å². The second kappa shape index (κ2) is 4.72. The lowest BCUT2D eigenvalue weighted by atomic mass is 9.81. The van der Waals surface area contributed by atoms with Gasteiger partial charge in [-0.1, -0.05) is 6.42 Å². The van der Waals surface area contributed by atoms with Gasteiger partial charge >= 0.3 is 0 Å². The Balaban J connectivity index is 2.02. The first-order valence-corrected chi connectivity index (χ1v) is 6.12. The molecule has 1 amide bonds. The fraction of sp³-hybridized carbons (Fsp3) is 0.917. The Bertz CT molecular complexity index is 259. The Hall–Kier alpha value is -0.610. The van der Waals surface area contributed by atoms with E-state index in [4.69, 9.17) is 9.47 Å². The van der Waals surface area contributed by atoms with Crippen LogP contribution in [0.5, 0.6) is 0 Å². The Morgan fingerprint density at radius 2 is 2.00 bits per heavy atom. The molecule has 1 aliphatic carbocycles. The number of hydrogen-bond acceptors (Lipinski definition) is 3. The van der Waals surface area contributed by atoms with Crippen molar-refractivity contribution in [3.05, 3.63) is 0 Å². The molecule has 4 heteroatoms. The van der Waals surface area contributed by atoms with Crippen molar-refractivity contribution in [3.8, 4) is 0 Å². The van der Waals surface area contributed by atoms with Gasteiger partial charge in [0.2, 0.25) is 5.91 Å². The maximum atomic E-state index is 11.8. The minimum atomic E-state index is -0.441. The highest BCUT2D eigenvalue weighted by molar-refractivity contribution is 5.75. The van der Waals surface area contributed by atoms with Crippen LogP contribution in [0.1, 0.15) is 32.1 Å². The van der Waals surface area contributed by atoms with E-state index >= 15 is 0 Å². The normalized spacial score (nSPS) is 28.2. The lowest BCUT2D eigenvalue weighted by molar-refractivity contribution is -0.214. The van der Waals surface area contributed by atoms with Gasteiger partial charge in [0.1, 0.15) is 0 Å². The summed E-state index contributed by atoms with van der Waals surface area (Å²) in [5, 5.41) is 0. The molecule has 1 saturated heterocycles. The summed E-state index contributed by atoms with van der Waals surface area (Å²) in [7, 11) is 3.60. The quantitative estimate of drug-likeness (QED) is 0.715. The summed E-state index contributed by atoms with van der Waals surface area (Å²) in [6, 6.07) is 0. The van der Waals surface area contributed by atoms with E-state index < -0.39 is 5.79 Å². The number of ether oxygens (including phenoxy) is 2. The number of amides is 1. The predicted molar refractivity (Wildman–Crippen MR) is 59.9 cm³/mol. The monoisotopic (exact) mass is 227 g/mol. The standard InChI is InChI=1S/C12H21NO3/c1-13(2)11(14)9-10-5-3-4-6-12(10)15-7-8-16-12/h10H,3-9H2,1-2H3. The first kappa shape index (κ1) is 11.9. The first-order valence-electron chi connectivity index (χ1n) is 6.12. The summed E-state index contributed by atoms with van der Waals surface area (Å²) in [5.74, 6) is -0.0341. The smallest absolute Gasteiger partial charge is 0.222 e. The number of carbonyl (C=O) groups excluding carboxylic acids is 1. The van der Waals surface area contributed by atoms with Crippen LogP contribution in [0.15, 0.2) is 0 Å². The largest absolute Gasteiger partial charge is 0.349 e. The zero-order valence-electron chi connectivity index (χ0n) is 10.2. The van der Waals surface area contributed by atoms with Crippen molar-refractivity contribution in [1.29, 1.82) is 0 Å². The van der Waals surface area contributed by atoms with Crippen LogP contribution in [-0.4, -0.2) is 43.9 Å². The van der Waals surface area contributed by atoms with Crippen molar-refractivity contribution >= 4 is 5.91 Å². The van der Waals surface area contributed by atoms with Crippen LogP contribution < -0.4 is 0 Å². The maximum Gasteiger partial charge on any atom is 0.222 e. The van der Waals surface area contributed by atoms with Crippen LogP contribution in [0.2, 0.25) is 0 Å². The van der Waals surface area contributed by atoms with Gasteiger partial charge in [-0.25, -0.2) is 0 Å². The molecular weight excluding hydrogens is 206 g/mol. The molecule has 16 heavy (non-hydrogen) atoms. The van der Waals surface area contributed by atoms with E-state index in [1.807, 2.05) is 0 Å². The topological polar surface area (TPSA) is 38.8 Å². The third-order valence-corrected chi connectivity index (χ3v) is 3.65. The van der Waals surface area contributed by atoms with Gasteiger partial charge in [-0.15, -0.1) is 0 Å². The minimum absolute atomic E-state index is 0.172. The molecular formula is C12H21NO3. The van der Waals surface area contributed by atoms with Crippen LogP contribution >= 0.6 is 0 Å². The Morgan fingerprint density at radius 3 is 2.62 bits per heavy atom. The van der Waals surface area contributed by atoms with Crippen molar-refractivity contribution < 1.29 is 14.3 Å². The third-order valence-electron chi connectivity index (χ3n) is 3.65. The molecule has 4 nitrogen and oxygen atoms in total. The van der Waals surface area contributed by atoms with E-state index in [1.165, 1.54) is 6.42 Å². The summed E-state index contributed by atoms with van der Waals surface area (Å²) < 4.78 is 11.6. The Kier molecular flexibility index (Phi) is 3.50. The van der Waals surface area contributed by atoms with Crippen molar-refractivity contribution in [1.82, 2.24) is 4.90 Å². The molecule has 1 heterocycles. The van der Waals surface area contributed by atoms with E-state index in [0.29, 0.717) is 19.6 Å². The summed E-state index contributed by atoms with van der Waals surface area (Å²) in [6.07, 6.45) is 4.86. The molecule has 0 N–H and O–H groups in total. The molecule has 92 valence electrons. The molecule has 0 aromatic heterocycles. The van der Waals surface area contributed by atoms with E-state index in [-0.39, 0.29) is 11.8 Å². The van der Waals surface area contributed by atoms with Gasteiger partial charge in [-0.2, -0.15) is 0 Å². The van der Waals surface area contributed by atoms with Crippen LogP contribution in [0, 0.1) is 5.92 Å². The predicted octanol–water partition coefficient (Wildman–Crippen LogP) is 1.40. The average Bonchev–Trinajstić information content (AvgIpc) is 2.71. The van der Waals surface area contributed by atoms with E-state index in [2.05, 4.69) is 0 Å². The van der Waals surface area contributed by atoms with Gasteiger partial charge in [0.25, 0.3) is 0 Å². The SMILES string of the molecule is CN(C)C(=O)CC1CCCCC12OCCO2. The van der Waals surface area contributed by atoms with Gasteiger partial charge in [-0.3, -0.25) is 4.79 Å². The molecule has 2 fully saturated rings. The lowest BCUT2D eigenvalue weighted by Crippen LogP contribution is -2.44. The molecule has 0 radical (unpaired) electrons. The fourth-order valence-corrected chi connectivity index (χ4v) is 2.69. The summed E-state index contributed by atoms with van der Waals surface area (Å²) >= 11 is 0. The van der Waals surface area contributed by atoms with Crippen molar-refractivity contribution in [2.24, 2.45) is 5.92 Å². The molecule has 1 atom stereocenters. The van der Waals surface area contributed by atoms with Gasteiger partial charge in [-0.05, 0) is 12.8 Å². The summed E-state index contributed by atoms with van der Waals surface area (Å²) in [5.41, 5.74) is 0. The third kappa shape index (κ3) is 2.23. The Morgan fingerprint density at radius 1 is 1.31 bits per heavy atom. The molecule has 1 saturated carbocycles. The fourth-order valence-electron chi connectivity index (χ4n) is 2.69. The molecule has 0 aromatic rings. The lowest BCUT2D eigenvalue weighted by Gasteiger charge is -2.39. The molecule has 1 unspecified atom stereocenters. The number of carbonyl (C=O) groups is 1. The second-order valence-corrected chi connectivity index (χ2v) is 4.94. The minimum Gasteiger partial charge on any atom is -0.349 e. The van der Waals surface area contributed by atoms with Gasteiger partial charge in [0.05, 0.1) is 13.2 Å². The molecule has 0 bridgehead atoms. The van der Waals surface area contributed by atoms with E-state index in [9.17, 15) is 4.79 Å². The van der Waals surface area contributed by atoms with E-state index in [1.54, 1.807) is 19.0 Å². The van der Waals surface area contributed by atoms with Crippen molar-refractivity contribution in [2.45, 2.75) is 37.9 Å².